The number of hydrogen-bond donors (Lipinski definition) is 0. The summed E-state index contributed by atoms with van der Waals surface area (Å²) in [4.78, 5) is 15.8. The fraction of sp³-hybridized carbons (Fsp3) is 0.333. The van der Waals surface area contributed by atoms with Gasteiger partial charge >= 0.3 is 5.97 Å². The van der Waals surface area contributed by atoms with Gasteiger partial charge in [-0.1, -0.05) is 12.1 Å². The number of rotatable bonds is 5. The van der Waals surface area contributed by atoms with Gasteiger partial charge in [-0.15, -0.1) is 0 Å². The Balaban J connectivity index is 2.06. The molecule has 0 N–H and O–H groups in total. The number of benzene rings is 1. The Morgan fingerprint density at radius 2 is 1.54 bits per heavy atom. The largest absolute Gasteiger partial charge is 0.460 e. The van der Waals surface area contributed by atoms with Crippen LogP contribution in [0.4, 0.5) is 0 Å². The van der Waals surface area contributed by atoms with Gasteiger partial charge in [0.2, 0.25) is 0 Å². The van der Waals surface area contributed by atoms with E-state index < -0.39 is 21.4 Å². The van der Waals surface area contributed by atoms with E-state index in [9.17, 15) is 13.2 Å². The molecule has 128 valence electrons. The van der Waals surface area contributed by atoms with Crippen molar-refractivity contribution in [3.05, 3.63) is 48.8 Å². The normalized spacial score (nSPS) is 12.0. The zero-order chi connectivity index (χ0) is 17.8. The van der Waals surface area contributed by atoms with Gasteiger partial charge in [-0.05, 0) is 56.2 Å². The molecule has 2 rings (SSSR count). The Labute approximate surface area is 142 Å². The van der Waals surface area contributed by atoms with Crippen LogP contribution in [0.5, 0.6) is 0 Å². The molecule has 0 aliphatic carbocycles. The zero-order valence-corrected chi connectivity index (χ0v) is 14.8. The standard InChI is InChI=1S/C18H21NO4S/c1-18(2,3)23-17(20)10-13-24(21,22)16-6-4-14(5-7-16)15-8-11-19-12-9-15/h4-9,11-12H,10,13H2,1-3H3. The van der Waals surface area contributed by atoms with E-state index >= 15 is 0 Å². The van der Waals surface area contributed by atoms with Crippen LogP contribution in [-0.4, -0.2) is 30.7 Å². The SMILES string of the molecule is CC(C)(C)OC(=O)CCS(=O)(=O)c1ccc(-c2ccncc2)cc1. The van der Waals surface area contributed by atoms with Crippen LogP contribution in [0.15, 0.2) is 53.7 Å². The van der Waals surface area contributed by atoms with Gasteiger partial charge in [-0.3, -0.25) is 9.78 Å². The first-order valence-electron chi connectivity index (χ1n) is 7.62. The van der Waals surface area contributed by atoms with Crippen molar-refractivity contribution in [2.75, 3.05) is 5.75 Å². The summed E-state index contributed by atoms with van der Waals surface area (Å²) in [5.74, 6) is -0.782. The number of nitrogens with zero attached hydrogens (tertiary/aromatic N) is 1. The van der Waals surface area contributed by atoms with Gasteiger partial charge in [-0.25, -0.2) is 8.42 Å². The van der Waals surface area contributed by atoms with Crippen molar-refractivity contribution in [1.29, 1.82) is 0 Å². The highest BCUT2D eigenvalue weighted by atomic mass is 32.2. The highest BCUT2D eigenvalue weighted by Crippen LogP contribution is 2.21. The molecule has 0 bridgehead atoms. The first-order valence-corrected chi connectivity index (χ1v) is 9.28. The third-order valence-electron chi connectivity index (χ3n) is 3.22. The van der Waals surface area contributed by atoms with Gasteiger partial charge in [0, 0.05) is 12.4 Å². The lowest BCUT2D eigenvalue weighted by Gasteiger charge is -2.19. The van der Waals surface area contributed by atoms with Crippen molar-refractivity contribution < 1.29 is 17.9 Å². The van der Waals surface area contributed by atoms with Crippen molar-refractivity contribution >= 4 is 15.8 Å². The van der Waals surface area contributed by atoms with Crippen LogP contribution in [0.25, 0.3) is 11.1 Å². The molecule has 0 amide bonds. The summed E-state index contributed by atoms with van der Waals surface area (Å²) >= 11 is 0. The van der Waals surface area contributed by atoms with Crippen LogP contribution in [0.2, 0.25) is 0 Å². The molecule has 0 unspecified atom stereocenters. The number of pyridine rings is 1. The molecule has 0 atom stereocenters. The lowest BCUT2D eigenvalue weighted by molar-refractivity contribution is -0.154. The predicted molar refractivity (Wildman–Crippen MR) is 92.2 cm³/mol. The highest BCUT2D eigenvalue weighted by molar-refractivity contribution is 7.91. The maximum atomic E-state index is 12.3. The van der Waals surface area contributed by atoms with Gasteiger partial charge in [0.25, 0.3) is 0 Å². The third kappa shape index (κ3) is 5.16. The van der Waals surface area contributed by atoms with Crippen LogP contribution in [-0.2, 0) is 19.4 Å². The van der Waals surface area contributed by atoms with E-state index in [1.165, 1.54) is 0 Å². The molecule has 0 saturated heterocycles. The van der Waals surface area contributed by atoms with Gasteiger partial charge in [0.1, 0.15) is 5.60 Å². The topological polar surface area (TPSA) is 73.3 Å². The van der Waals surface area contributed by atoms with E-state index in [-0.39, 0.29) is 17.1 Å². The smallest absolute Gasteiger partial charge is 0.307 e. The molecular formula is C18H21NO4S. The average molecular weight is 347 g/mol. The maximum absolute atomic E-state index is 12.3. The molecular weight excluding hydrogens is 326 g/mol. The van der Waals surface area contributed by atoms with E-state index in [4.69, 9.17) is 4.74 Å². The molecule has 1 aromatic heterocycles. The van der Waals surface area contributed by atoms with E-state index in [0.717, 1.165) is 11.1 Å². The molecule has 1 aromatic carbocycles. The number of ether oxygens (including phenoxy) is 1. The lowest BCUT2D eigenvalue weighted by atomic mass is 10.1. The van der Waals surface area contributed by atoms with Crippen LogP contribution >= 0.6 is 0 Å². The second-order valence-electron chi connectivity index (χ2n) is 6.42. The third-order valence-corrected chi connectivity index (χ3v) is 4.95. The van der Waals surface area contributed by atoms with Crippen LogP contribution < -0.4 is 0 Å². The number of sulfone groups is 1. The van der Waals surface area contributed by atoms with Crippen LogP contribution in [0.1, 0.15) is 27.2 Å². The Morgan fingerprint density at radius 3 is 2.08 bits per heavy atom. The first-order chi connectivity index (χ1) is 11.2. The molecule has 0 aliphatic heterocycles. The van der Waals surface area contributed by atoms with Crippen molar-refractivity contribution in [2.45, 2.75) is 37.7 Å². The average Bonchev–Trinajstić information content (AvgIpc) is 2.52. The number of carbonyl (C=O) groups excluding carboxylic acids is 1. The summed E-state index contributed by atoms with van der Waals surface area (Å²) in [7, 11) is -3.52. The van der Waals surface area contributed by atoms with Crippen molar-refractivity contribution in [2.24, 2.45) is 0 Å². The van der Waals surface area contributed by atoms with Gasteiger partial charge in [-0.2, -0.15) is 0 Å². The van der Waals surface area contributed by atoms with Crippen molar-refractivity contribution in [1.82, 2.24) is 4.98 Å². The second-order valence-corrected chi connectivity index (χ2v) is 8.52. The summed E-state index contributed by atoms with van der Waals surface area (Å²) in [5, 5.41) is 0. The number of esters is 1. The number of aromatic nitrogens is 1. The molecule has 0 spiro atoms. The van der Waals surface area contributed by atoms with Crippen molar-refractivity contribution in [3.63, 3.8) is 0 Å². The summed E-state index contributed by atoms with van der Waals surface area (Å²) in [5.41, 5.74) is 1.25. The van der Waals surface area contributed by atoms with Crippen molar-refractivity contribution in [3.8, 4) is 11.1 Å². The fourth-order valence-electron chi connectivity index (χ4n) is 2.13. The number of hydrogen-bond acceptors (Lipinski definition) is 5. The van der Waals surface area contributed by atoms with E-state index in [1.807, 2.05) is 12.1 Å². The van der Waals surface area contributed by atoms with Crippen LogP contribution in [0.3, 0.4) is 0 Å². The molecule has 0 fully saturated rings. The lowest BCUT2D eigenvalue weighted by Crippen LogP contribution is -2.25. The van der Waals surface area contributed by atoms with E-state index in [2.05, 4.69) is 4.98 Å². The monoisotopic (exact) mass is 347 g/mol. The molecule has 2 aromatic rings. The molecule has 0 radical (unpaired) electrons. The minimum atomic E-state index is -3.52. The Bertz CT molecular complexity index is 791. The molecule has 24 heavy (non-hydrogen) atoms. The summed E-state index contributed by atoms with van der Waals surface area (Å²) in [6, 6.07) is 10.3. The molecule has 6 heteroatoms. The Hall–Kier alpha value is -2.21. The highest BCUT2D eigenvalue weighted by Gasteiger charge is 2.20. The van der Waals surface area contributed by atoms with Crippen LogP contribution in [0, 0.1) is 0 Å². The fourth-order valence-corrected chi connectivity index (χ4v) is 3.35. The predicted octanol–water partition coefficient (Wildman–Crippen LogP) is 3.25. The summed E-state index contributed by atoms with van der Waals surface area (Å²) in [6.07, 6.45) is 3.20. The van der Waals surface area contributed by atoms with Gasteiger partial charge in [0.15, 0.2) is 9.84 Å². The Kier molecular flexibility index (Phi) is 5.39. The van der Waals surface area contributed by atoms with Gasteiger partial charge in [0.05, 0.1) is 17.1 Å². The molecule has 1 heterocycles. The number of carbonyl (C=O) groups is 1. The van der Waals surface area contributed by atoms with E-state index in [0.29, 0.717) is 0 Å². The summed E-state index contributed by atoms with van der Waals surface area (Å²) < 4.78 is 29.8. The Morgan fingerprint density at radius 1 is 1.00 bits per heavy atom. The first kappa shape index (κ1) is 18.1. The van der Waals surface area contributed by atoms with Gasteiger partial charge < -0.3 is 4.74 Å². The molecule has 0 saturated carbocycles. The summed E-state index contributed by atoms with van der Waals surface area (Å²) in [6.45, 7) is 5.24. The second kappa shape index (κ2) is 7.13. The minimum absolute atomic E-state index is 0.161. The molecule has 0 aliphatic rings. The quantitative estimate of drug-likeness (QED) is 0.776. The molecule has 5 nitrogen and oxygen atoms in total. The minimum Gasteiger partial charge on any atom is -0.460 e. The van der Waals surface area contributed by atoms with E-state index in [1.54, 1.807) is 57.4 Å². The zero-order valence-electron chi connectivity index (χ0n) is 14.0. The maximum Gasteiger partial charge on any atom is 0.307 e.